The fourth-order valence-corrected chi connectivity index (χ4v) is 2.11. The van der Waals surface area contributed by atoms with Gasteiger partial charge in [0.15, 0.2) is 0 Å². The van der Waals surface area contributed by atoms with Gasteiger partial charge in [-0.2, -0.15) is 0 Å². The predicted molar refractivity (Wildman–Crippen MR) is 67.8 cm³/mol. The zero-order chi connectivity index (χ0) is 13.0. The van der Waals surface area contributed by atoms with E-state index < -0.39 is 6.09 Å². The van der Waals surface area contributed by atoms with Gasteiger partial charge in [0.2, 0.25) is 0 Å². The molecule has 1 aromatic rings. The monoisotopic (exact) mass is 250 g/mol. The van der Waals surface area contributed by atoms with Crippen LogP contribution in [0.15, 0.2) is 24.3 Å². The number of carbonyl (C=O) groups is 1. The average Bonchev–Trinajstić information content (AvgIpc) is 2.38. The number of hydrogen-bond donors (Lipinski definition) is 2. The van der Waals surface area contributed by atoms with Crippen LogP contribution in [0.4, 0.5) is 4.79 Å². The van der Waals surface area contributed by atoms with Gasteiger partial charge in [-0.05, 0) is 24.1 Å². The van der Waals surface area contributed by atoms with Crippen LogP contribution >= 0.6 is 0 Å². The topological polar surface area (TPSA) is 64.0 Å². The summed E-state index contributed by atoms with van der Waals surface area (Å²) in [4.78, 5) is 14.5. The van der Waals surface area contributed by atoms with Crippen LogP contribution in [0.25, 0.3) is 0 Å². The molecule has 0 unspecified atom stereocenters. The SMILES string of the molecule is O=C(O)N1CCN(CCc2ccc(O)cc2)CC1. The first-order valence-corrected chi connectivity index (χ1v) is 6.13. The van der Waals surface area contributed by atoms with Gasteiger partial charge in [-0.15, -0.1) is 0 Å². The van der Waals surface area contributed by atoms with Gasteiger partial charge in [0.25, 0.3) is 0 Å². The molecular weight excluding hydrogens is 232 g/mol. The summed E-state index contributed by atoms with van der Waals surface area (Å²) in [5, 5.41) is 18.0. The van der Waals surface area contributed by atoms with Crippen LogP contribution in [0.5, 0.6) is 5.75 Å². The van der Waals surface area contributed by atoms with Crippen molar-refractivity contribution in [1.29, 1.82) is 0 Å². The van der Waals surface area contributed by atoms with E-state index in [2.05, 4.69) is 4.90 Å². The Hall–Kier alpha value is -1.75. The summed E-state index contributed by atoms with van der Waals surface area (Å²) in [6.45, 7) is 3.70. The zero-order valence-electron chi connectivity index (χ0n) is 10.2. The largest absolute Gasteiger partial charge is 0.508 e. The number of amides is 1. The average molecular weight is 250 g/mol. The minimum absolute atomic E-state index is 0.286. The zero-order valence-corrected chi connectivity index (χ0v) is 10.2. The number of piperazine rings is 1. The van der Waals surface area contributed by atoms with Crippen molar-refractivity contribution in [1.82, 2.24) is 9.80 Å². The van der Waals surface area contributed by atoms with Crippen molar-refractivity contribution in [2.24, 2.45) is 0 Å². The number of benzene rings is 1. The third kappa shape index (κ3) is 3.37. The number of carboxylic acid groups (broad SMARTS) is 1. The van der Waals surface area contributed by atoms with Crippen LogP contribution in [-0.2, 0) is 6.42 Å². The third-order valence-corrected chi connectivity index (χ3v) is 3.30. The Morgan fingerprint density at radius 1 is 1.11 bits per heavy atom. The fraction of sp³-hybridized carbons (Fsp3) is 0.462. The van der Waals surface area contributed by atoms with Crippen LogP contribution in [0.3, 0.4) is 0 Å². The van der Waals surface area contributed by atoms with E-state index in [0.29, 0.717) is 13.1 Å². The molecule has 1 aliphatic heterocycles. The third-order valence-electron chi connectivity index (χ3n) is 3.30. The maximum atomic E-state index is 10.8. The van der Waals surface area contributed by atoms with Crippen molar-refractivity contribution in [2.75, 3.05) is 32.7 Å². The lowest BCUT2D eigenvalue weighted by molar-refractivity contribution is 0.106. The highest BCUT2D eigenvalue weighted by molar-refractivity contribution is 5.65. The number of phenolic OH excluding ortho intramolecular Hbond substituents is 1. The van der Waals surface area contributed by atoms with E-state index in [1.54, 1.807) is 12.1 Å². The lowest BCUT2D eigenvalue weighted by Gasteiger charge is -2.33. The Bertz CT molecular complexity index is 397. The summed E-state index contributed by atoms with van der Waals surface area (Å²) in [6, 6.07) is 7.22. The molecule has 1 aromatic carbocycles. The minimum atomic E-state index is -0.826. The van der Waals surface area contributed by atoms with Gasteiger partial charge < -0.3 is 15.1 Å². The molecule has 1 fully saturated rings. The molecule has 2 rings (SSSR count). The normalized spacial score (nSPS) is 16.8. The molecule has 1 amide bonds. The van der Waals surface area contributed by atoms with Crippen LogP contribution in [0.2, 0.25) is 0 Å². The molecule has 1 aliphatic rings. The predicted octanol–water partition coefficient (Wildman–Crippen LogP) is 1.23. The van der Waals surface area contributed by atoms with Crippen molar-refractivity contribution in [3.05, 3.63) is 29.8 Å². The van der Waals surface area contributed by atoms with E-state index in [1.165, 1.54) is 10.5 Å². The fourth-order valence-electron chi connectivity index (χ4n) is 2.11. The smallest absolute Gasteiger partial charge is 0.407 e. The molecule has 0 aliphatic carbocycles. The highest BCUT2D eigenvalue weighted by atomic mass is 16.4. The highest BCUT2D eigenvalue weighted by Crippen LogP contribution is 2.11. The maximum Gasteiger partial charge on any atom is 0.407 e. The Kier molecular flexibility index (Phi) is 4.04. The van der Waals surface area contributed by atoms with Gasteiger partial charge in [0, 0.05) is 32.7 Å². The summed E-state index contributed by atoms with van der Waals surface area (Å²) < 4.78 is 0. The first kappa shape index (κ1) is 12.7. The van der Waals surface area contributed by atoms with Gasteiger partial charge in [-0.3, -0.25) is 4.90 Å². The molecule has 1 heterocycles. The lowest BCUT2D eigenvalue weighted by Crippen LogP contribution is -2.48. The standard InChI is InChI=1S/C13H18N2O3/c16-12-3-1-11(2-4-12)5-6-14-7-9-15(10-8-14)13(17)18/h1-4,16H,5-10H2,(H,17,18). The summed E-state index contributed by atoms with van der Waals surface area (Å²) in [5.74, 6) is 0.286. The molecule has 0 radical (unpaired) electrons. The molecule has 2 N–H and O–H groups in total. The Morgan fingerprint density at radius 3 is 2.28 bits per heavy atom. The van der Waals surface area contributed by atoms with Gasteiger partial charge in [0.1, 0.15) is 5.75 Å². The lowest BCUT2D eigenvalue weighted by atomic mass is 10.1. The second kappa shape index (κ2) is 5.73. The van der Waals surface area contributed by atoms with Crippen molar-refractivity contribution in [3.63, 3.8) is 0 Å². The first-order chi connectivity index (χ1) is 8.65. The Labute approximate surface area is 106 Å². The van der Waals surface area contributed by atoms with E-state index in [0.717, 1.165) is 26.1 Å². The number of rotatable bonds is 3. The van der Waals surface area contributed by atoms with E-state index >= 15 is 0 Å². The molecule has 5 heteroatoms. The number of phenols is 1. The summed E-state index contributed by atoms with van der Waals surface area (Å²) in [7, 11) is 0. The van der Waals surface area contributed by atoms with Crippen LogP contribution in [-0.4, -0.2) is 58.8 Å². The van der Waals surface area contributed by atoms with Crippen LogP contribution in [0.1, 0.15) is 5.56 Å². The molecular formula is C13H18N2O3. The summed E-state index contributed by atoms with van der Waals surface area (Å²) in [6.07, 6.45) is 0.0982. The van der Waals surface area contributed by atoms with Crippen molar-refractivity contribution in [3.8, 4) is 5.75 Å². The van der Waals surface area contributed by atoms with Gasteiger partial charge in [0.05, 0.1) is 0 Å². The molecule has 1 saturated heterocycles. The molecule has 0 spiro atoms. The van der Waals surface area contributed by atoms with E-state index in [-0.39, 0.29) is 5.75 Å². The van der Waals surface area contributed by atoms with Crippen molar-refractivity contribution < 1.29 is 15.0 Å². The number of nitrogens with zero attached hydrogens (tertiary/aromatic N) is 2. The van der Waals surface area contributed by atoms with Crippen LogP contribution in [0, 0.1) is 0 Å². The van der Waals surface area contributed by atoms with Gasteiger partial charge in [-0.25, -0.2) is 4.79 Å². The molecule has 0 aromatic heterocycles. The van der Waals surface area contributed by atoms with Gasteiger partial charge >= 0.3 is 6.09 Å². The molecule has 98 valence electrons. The quantitative estimate of drug-likeness (QED) is 0.847. The Balaban J connectivity index is 1.75. The van der Waals surface area contributed by atoms with Crippen molar-refractivity contribution in [2.45, 2.75) is 6.42 Å². The van der Waals surface area contributed by atoms with Crippen LogP contribution < -0.4 is 0 Å². The van der Waals surface area contributed by atoms with E-state index in [9.17, 15) is 9.90 Å². The number of hydrogen-bond acceptors (Lipinski definition) is 3. The molecule has 18 heavy (non-hydrogen) atoms. The molecule has 0 saturated carbocycles. The number of aromatic hydroxyl groups is 1. The second-order valence-corrected chi connectivity index (χ2v) is 4.53. The van der Waals surface area contributed by atoms with Crippen molar-refractivity contribution >= 4 is 6.09 Å². The molecule has 0 bridgehead atoms. The molecule has 5 nitrogen and oxygen atoms in total. The summed E-state index contributed by atoms with van der Waals surface area (Å²) in [5.41, 5.74) is 1.19. The maximum absolute atomic E-state index is 10.8. The van der Waals surface area contributed by atoms with E-state index in [4.69, 9.17) is 5.11 Å². The highest BCUT2D eigenvalue weighted by Gasteiger charge is 2.19. The minimum Gasteiger partial charge on any atom is -0.508 e. The molecule has 0 atom stereocenters. The summed E-state index contributed by atoms with van der Waals surface area (Å²) >= 11 is 0. The van der Waals surface area contributed by atoms with Gasteiger partial charge in [-0.1, -0.05) is 12.1 Å². The first-order valence-electron chi connectivity index (χ1n) is 6.13. The second-order valence-electron chi connectivity index (χ2n) is 4.53. The van der Waals surface area contributed by atoms with E-state index in [1.807, 2.05) is 12.1 Å². The Morgan fingerprint density at radius 2 is 1.72 bits per heavy atom.